The third kappa shape index (κ3) is 2.41. The van der Waals surface area contributed by atoms with E-state index in [1.165, 1.54) is 0 Å². The first-order chi connectivity index (χ1) is 9.75. The standard InChI is InChI=1S/C14H17N5O/c1-18-10-16-8-13(18)14(20)19-6-3-11(4-7-19)12-2-5-15-9-17-12/h2,5,8-11H,3-4,6-7H2,1H3. The summed E-state index contributed by atoms with van der Waals surface area (Å²) in [5, 5.41) is 0. The normalized spacial score (nSPS) is 16.4. The molecule has 0 aliphatic carbocycles. The van der Waals surface area contributed by atoms with Crippen LogP contribution in [0.2, 0.25) is 0 Å². The molecule has 2 aromatic heterocycles. The van der Waals surface area contributed by atoms with Crippen molar-refractivity contribution < 1.29 is 4.79 Å². The molecule has 104 valence electrons. The fourth-order valence-electron chi connectivity index (χ4n) is 2.65. The summed E-state index contributed by atoms with van der Waals surface area (Å²) in [6.45, 7) is 1.53. The second-order valence-electron chi connectivity index (χ2n) is 5.09. The van der Waals surface area contributed by atoms with E-state index in [9.17, 15) is 4.79 Å². The van der Waals surface area contributed by atoms with Gasteiger partial charge in [0, 0.05) is 37.9 Å². The van der Waals surface area contributed by atoms with Gasteiger partial charge in [0.2, 0.25) is 0 Å². The Hall–Kier alpha value is -2.24. The van der Waals surface area contributed by atoms with E-state index in [0.29, 0.717) is 11.6 Å². The van der Waals surface area contributed by atoms with Gasteiger partial charge in [-0.1, -0.05) is 0 Å². The largest absolute Gasteiger partial charge is 0.337 e. The van der Waals surface area contributed by atoms with E-state index < -0.39 is 0 Å². The minimum atomic E-state index is 0.0612. The van der Waals surface area contributed by atoms with Gasteiger partial charge in [0.25, 0.3) is 5.91 Å². The van der Waals surface area contributed by atoms with Crippen molar-refractivity contribution in [3.63, 3.8) is 0 Å². The van der Waals surface area contributed by atoms with Crippen LogP contribution in [0.5, 0.6) is 0 Å². The van der Waals surface area contributed by atoms with Gasteiger partial charge in [0.1, 0.15) is 12.0 Å². The van der Waals surface area contributed by atoms with Crippen molar-refractivity contribution in [2.45, 2.75) is 18.8 Å². The van der Waals surface area contributed by atoms with Crippen LogP contribution >= 0.6 is 0 Å². The first-order valence-corrected chi connectivity index (χ1v) is 6.77. The van der Waals surface area contributed by atoms with Crippen LogP contribution in [0.1, 0.15) is 34.9 Å². The Bertz CT molecular complexity index is 587. The molecule has 0 unspecified atom stereocenters. The zero-order valence-electron chi connectivity index (χ0n) is 11.4. The second-order valence-corrected chi connectivity index (χ2v) is 5.09. The van der Waals surface area contributed by atoms with Crippen LogP contribution in [-0.2, 0) is 7.05 Å². The van der Waals surface area contributed by atoms with E-state index in [4.69, 9.17) is 0 Å². The van der Waals surface area contributed by atoms with Crippen molar-refractivity contribution in [3.8, 4) is 0 Å². The van der Waals surface area contributed by atoms with Crippen LogP contribution in [0.4, 0.5) is 0 Å². The molecule has 1 fully saturated rings. The van der Waals surface area contributed by atoms with Gasteiger partial charge < -0.3 is 9.47 Å². The molecule has 0 saturated carbocycles. The average Bonchev–Trinajstić information content (AvgIpc) is 2.94. The minimum Gasteiger partial charge on any atom is -0.337 e. The molecule has 6 heteroatoms. The van der Waals surface area contributed by atoms with E-state index >= 15 is 0 Å². The highest BCUT2D eigenvalue weighted by Crippen LogP contribution is 2.26. The number of piperidine rings is 1. The monoisotopic (exact) mass is 271 g/mol. The number of aryl methyl sites for hydroxylation is 1. The van der Waals surface area contributed by atoms with Gasteiger partial charge in [-0.25, -0.2) is 15.0 Å². The van der Waals surface area contributed by atoms with E-state index in [1.807, 2.05) is 18.0 Å². The van der Waals surface area contributed by atoms with Crippen LogP contribution in [0.15, 0.2) is 31.1 Å². The first-order valence-electron chi connectivity index (χ1n) is 6.77. The third-order valence-electron chi connectivity index (χ3n) is 3.84. The summed E-state index contributed by atoms with van der Waals surface area (Å²) < 4.78 is 1.76. The van der Waals surface area contributed by atoms with E-state index in [1.54, 1.807) is 29.6 Å². The fourth-order valence-corrected chi connectivity index (χ4v) is 2.65. The number of carbonyl (C=O) groups excluding carboxylic acids is 1. The summed E-state index contributed by atoms with van der Waals surface area (Å²) in [5.41, 5.74) is 1.72. The maximum atomic E-state index is 12.4. The Labute approximate surface area is 117 Å². The summed E-state index contributed by atoms with van der Waals surface area (Å²) in [6, 6.07) is 1.96. The van der Waals surface area contributed by atoms with Crippen molar-refractivity contribution in [1.29, 1.82) is 0 Å². The van der Waals surface area contributed by atoms with Crippen LogP contribution in [0.25, 0.3) is 0 Å². The third-order valence-corrected chi connectivity index (χ3v) is 3.84. The highest BCUT2D eigenvalue weighted by Gasteiger charge is 2.26. The molecule has 3 rings (SSSR count). The lowest BCUT2D eigenvalue weighted by Crippen LogP contribution is -2.38. The Balaban J connectivity index is 1.64. The van der Waals surface area contributed by atoms with Gasteiger partial charge in [-0.2, -0.15) is 0 Å². The lowest BCUT2D eigenvalue weighted by molar-refractivity contribution is 0.0702. The van der Waals surface area contributed by atoms with Crippen molar-refractivity contribution in [1.82, 2.24) is 24.4 Å². The van der Waals surface area contributed by atoms with Gasteiger partial charge in [-0.3, -0.25) is 4.79 Å². The van der Waals surface area contributed by atoms with Crippen LogP contribution in [0.3, 0.4) is 0 Å². The number of likely N-dealkylation sites (tertiary alicyclic amines) is 1. The highest BCUT2D eigenvalue weighted by atomic mass is 16.2. The summed E-state index contributed by atoms with van der Waals surface area (Å²) in [7, 11) is 1.84. The number of nitrogens with zero attached hydrogens (tertiary/aromatic N) is 5. The molecule has 0 aromatic carbocycles. The molecule has 0 spiro atoms. The SMILES string of the molecule is Cn1cncc1C(=O)N1CCC(c2ccncn2)CC1. The van der Waals surface area contributed by atoms with Gasteiger partial charge in [0.05, 0.1) is 12.5 Å². The Morgan fingerprint density at radius 3 is 2.70 bits per heavy atom. The van der Waals surface area contributed by atoms with Crippen molar-refractivity contribution in [2.75, 3.05) is 13.1 Å². The van der Waals surface area contributed by atoms with Crippen molar-refractivity contribution in [3.05, 3.63) is 42.5 Å². The first kappa shape index (κ1) is 12.8. The molecule has 6 nitrogen and oxygen atoms in total. The maximum Gasteiger partial charge on any atom is 0.272 e. The predicted octanol–water partition coefficient (Wildman–Crippen LogP) is 1.23. The molecule has 1 aliphatic heterocycles. The summed E-state index contributed by atoms with van der Waals surface area (Å²) >= 11 is 0. The number of carbonyl (C=O) groups is 1. The zero-order valence-corrected chi connectivity index (χ0v) is 11.4. The molecular formula is C14H17N5O. The number of rotatable bonds is 2. The molecular weight excluding hydrogens is 254 g/mol. The zero-order chi connectivity index (χ0) is 13.9. The van der Waals surface area contributed by atoms with Crippen molar-refractivity contribution in [2.24, 2.45) is 7.05 Å². The Morgan fingerprint density at radius 1 is 1.30 bits per heavy atom. The van der Waals surface area contributed by atoms with Crippen molar-refractivity contribution >= 4 is 5.91 Å². The number of aromatic nitrogens is 4. The van der Waals surface area contributed by atoms with Crippen LogP contribution < -0.4 is 0 Å². The number of amides is 1. The molecule has 1 aliphatic rings. The van der Waals surface area contributed by atoms with E-state index in [2.05, 4.69) is 15.0 Å². The summed E-state index contributed by atoms with van der Waals surface area (Å²) in [5.74, 6) is 0.486. The molecule has 3 heterocycles. The number of imidazole rings is 1. The fraction of sp³-hybridized carbons (Fsp3) is 0.429. The predicted molar refractivity (Wildman–Crippen MR) is 73.1 cm³/mol. The second kappa shape index (κ2) is 5.40. The number of hydrogen-bond acceptors (Lipinski definition) is 4. The van der Waals surface area contributed by atoms with Gasteiger partial charge in [-0.05, 0) is 18.9 Å². The molecule has 2 aromatic rings. The molecule has 0 radical (unpaired) electrons. The Morgan fingerprint density at radius 2 is 2.10 bits per heavy atom. The molecule has 1 saturated heterocycles. The Kier molecular flexibility index (Phi) is 3.45. The van der Waals surface area contributed by atoms with Gasteiger partial charge >= 0.3 is 0 Å². The lowest BCUT2D eigenvalue weighted by atomic mass is 9.93. The van der Waals surface area contributed by atoms with E-state index in [-0.39, 0.29) is 5.91 Å². The van der Waals surface area contributed by atoms with Gasteiger partial charge in [0.15, 0.2) is 0 Å². The van der Waals surface area contributed by atoms with Crippen LogP contribution in [0, 0.1) is 0 Å². The molecule has 0 N–H and O–H groups in total. The smallest absolute Gasteiger partial charge is 0.272 e. The molecule has 0 bridgehead atoms. The summed E-state index contributed by atoms with van der Waals surface area (Å²) in [4.78, 5) is 26.5. The summed E-state index contributed by atoms with van der Waals surface area (Å²) in [6.07, 6.45) is 8.53. The maximum absolute atomic E-state index is 12.4. The average molecular weight is 271 g/mol. The molecule has 0 atom stereocenters. The van der Waals surface area contributed by atoms with Crippen LogP contribution in [-0.4, -0.2) is 43.4 Å². The topological polar surface area (TPSA) is 63.9 Å². The molecule has 1 amide bonds. The quantitative estimate of drug-likeness (QED) is 0.824. The highest BCUT2D eigenvalue weighted by molar-refractivity contribution is 5.92. The lowest BCUT2D eigenvalue weighted by Gasteiger charge is -2.31. The van der Waals surface area contributed by atoms with Gasteiger partial charge in [-0.15, -0.1) is 0 Å². The minimum absolute atomic E-state index is 0.0612. The number of hydrogen-bond donors (Lipinski definition) is 0. The molecule has 20 heavy (non-hydrogen) atoms. The van der Waals surface area contributed by atoms with E-state index in [0.717, 1.165) is 31.6 Å².